The van der Waals surface area contributed by atoms with E-state index in [9.17, 15) is 9.59 Å². The number of nitrogens with one attached hydrogen (secondary N) is 1. The highest BCUT2D eigenvalue weighted by Crippen LogP contribution is 1.56. The third kappa shape index (κ3) is 1.72. The van der Waals surface area contributed by atoms with Crippen LogP contribution in [0, 0.1) is 0 Å². The Labute approximate surface area is 39.4 Å². The van der Waals surface area contributed by atoms with Gasteiger partial charge in [0.2, 0.25) is 6.29 Å². The fourth-order valence-electron chi connectivity index (χ4n) is 0.0223. The van der Waals surface area contributed by atoms with Crippen LogP contribution in [0.25, 0.3) is 0 Å². The van der Waals surface area contributed by atoms with Crippen LogP contribution in [0.4, 0.5) is 0 Å². The van der Waals surface area contributed by atoms with Crippen molar-refractivity contribution in [3.8, 4) is 0 Å². The molecule has 0 aliphatic heterocycles. The molecule has 1 N–H and O–H groups in total. The van der Waals surface area contributed by atoms with Crippen molar-refractivity contribution >= 4 is 24.0 Å². The molecule has 0 atom stereocenters. The lowest BCUT2D eigenvalue weighted by molar-refractivity contribution is -0.130. The molecule has 0 aliphatic carbocycles. The lowest BCUT2D eigenvalue weighted by Gasteiger charge is -1.75. The number of hydrogen-bond donors (Lipinski definition) is 1. The molecule has 0 aromatic rings. The summed E-state index contributed by atoms with van der Waals surface area (Å²) in [6, 6.07) is 0. The van der Waals surface area contributed by atoms with E-state index in [2.05, 4.69) is 11.8 Å². The Hall–Kier alpha value is -0.570. The summed E-state index contributed by atoms with van der Waals surface area (Å²) in [5.74, 6) is -0.823. The molecule has 0 rings (SSSR count). The van der Waals surface area contributed by atoms with Gasteiger partial charge >= 0.3 is 0 Å². The van der Waals surface area contributed by atoms with Crippen LogP contribution in [0.2, 0.25) is 0 Å². The van der Waals surface area contributed by atoms with E-state index in [0.717, 1.165) is 0 Å². The Bertz CT molecular complexity index is 71.9. The summed E-state index contributed by atoms with van der Waals surface area (Å²) in [6.07, 6.45) is 0.0903. The summed E-state index contributed by atoms with van der Waals surface area (Å²) in [6.45, 7) is 0. The summed E-state index contributed by atoms with van der Waals surface area (Å²) in [5.41, 5.74) is 0. The smallest absolute Gasteiger partial charge is 0.292 e. The van der Waals surface area contributed by atoms with E-state index in [-0.39, 0.29) is 6.29 Å². The van der Waals surface area contributed by atoms with Crippen LogP contribution in [-0.4, -0.2) is 12.2 Å². The van der Waals surface area contributed by atoms with Gasteiger partial charge < -0.3 is 0 Å². The number of carbonyl (C=O) groups is 2. The lowest BCUT2D eigenvalue weighted by atomic mass is 10.7. The highest BCUT2D eigenvalue weighted by molar-refractivity contribution is 6.35. The molecule has 1 amide bonds. The first-order valence-corrected chi connectivity index (χ1v) is 1.55. The molecular formula is C2H2ClNO2. The van der Waals surface area contributed by atoms with Crippen LogP contribution >= 0.6 is 11.8 Å². The van der Waals surface area contributed by atoms with Crippen molar-refractivity contribution < 1.29 is 9.59 Å². The van der Waals surface area contributed by atoms with Crippen molar-refractivity contribution in [1.29, 1.82) is 0 Å². The first kappa shape index (κ1) is 5.43. The van der Waals surface area contributed by atoms with Gasteiger partial charge in [0.1, 0.15) is 0 Å². The number of carbonyl (C=O) groups excluding carboxylic acids is 2. The minimum Gasteiger partial charge on any atom is -0.292 e. The normalized spacial score (nSPS) is 6.83. The van der Waals surface area contributed by atoms with Crippen molar-refractivity contribution in [3.05, 3.63) is 0 Å². The summed E-state index contributed by atoms with van der Waals surface area (Å²) >= 11 is 4.62. The van der Waals surface area contributed by atoms with E-state index in [4.69, 9.17) is 0 Å². The third-order valence-corrected chi connectivity index (χ3v) is 0.386. The average molecular weight is 107 g/mol. The van der Waals surface area contributed by atoms with Gasteiger partial charge in [0.25, 0.3) is 5.91 Å². The summed E-state index contributed by atoms with van der Waals surface area (Å²) in [7, 11) is 0. The number of hydrogen-bond acceptors (Lipinski definition) is 2. The molecule has 0 aromatic carbocycles. The van der Waals surface area contributed by atoms with E-state index in [1.807, 2.05) is 0 Å². The maximum atomic E-state index is 9.57. The quantitative estimate of drug-likeness (QED) is 0.278. The molecular weight excluding hydrogens is 105 g/mol. The molecule has 0 saturated carbocycles. The maximum absolute atomic E-state index is 9.57. The van der Waals surface area contributed by atoms with Crippen molar-refractivity contribution in [2.24, 2.45) is 0 Å². The first-order valence-electron chi connectivity index (χ1n) is 1.17. The topological polar surface area (TPSA) is 46.2 Å². The Morgan fingerprint density at radius 3 is 2.33 bits per heavy atom. The molecule has 0 aromatic heterocycles. The van der Waals surface area contributed by atoms with E-state index < -0.39 is 5.91 Å². The fourth-order valence-corrected chi connectivity index (χ4v) is 0.0668. The molecule has 0 saturated heterocycles. The van der Waals surface area contributed by atoms with E-state index in [1.165, 1.54) is 0 Å². The first-order chi connectivity index (χ1) is 2.81. The second kappa shape index (κ2) is 2.66. The van der Waals surface area contributed by atoms with Gasteiger partial charge in [0.05, 0.1) is 0 Å². The van der Waals surface area contributed by atoms with Gasteiger partial charge in [-0.3, -0.25) is 14.4 Å². The molecule has 0 heterocycles. The Kier molecular flexibility index (Phi) is 2.40. The molecule has 0 bridgehead atoms. The lowest BCUT2D eigenvalue weighted by Crippen LogP contribution is -2.12. The summed E-state index contributed by atoms with van der Waals surface area (Å²) in [4.78, 5) is 20.4. The third-order valence-electron chi connectivity index (χ3n) is 0.200. The molecule has 4 heteroatoms. The van der Waals surface area contributed by atoms with Gasteiger partial charge in [-0.05, 0) is 0 Å². The molecule has 34 valence electrons. The Morgan fingerprint density at radius 1 is 1.83 bits per heavy atom. The molecule has 3 nitrogen and oxygen atoms in total. The predicted octanol–water partition coefficient (Wildman–Crippen LogP) is -0.545. The highest BCUT2D eigenvalue weighted by Gasteiger charge is 1.87. The van der Waals surface area contributed by atoms with Crippen molar-refractivity contribution in [3.63, 3.8) is 0 Å². The zero-order valence-electron chi connectivity index (χ0n) is 2.77. The zero-order valence-corrected chi connectivity index (χ0v) is 3.53. The molecule has 0 fully saturated rings. The molecule has 0 radical (unpaired) electrons. The zero-order chi connectivity index (χ0) is 4.99. The Morgan fingerprint density at radius 2 is 2.33 bits per heavy atom. The van der Waals surface area contributed by atoms with Crippen LogP contribution in [-0.2, 0) is 9.59 Å². The average Bonchev–Trinajstić information content (AvgIpc) is 1.65. The number of rotatable bonds is 1. The number of amides is 1. The minimum atomic E-state index is -0.823. The predicted molar refractivity (Wildman–Crippen MR) is 20.1 cm³/mol. The SMILES string of the molecule is O=CC(=O)NCl. The second-order valence-corrected chi connectivity index (χ2v) is 0.766. The molecule has 0 aliphatic rings. The van der Waals surface area contributed by atoms with Crippen LogP contribution in [0.15, 0.2) is 0 Å². The fraction of sp³-hybridized carbons (Fsp3) is 0. The number of halogens is 1. The van der Waals surface area contributed by atoms with E-state index in [1.54, 1.807) is 4.84 Å². The van der Waals surface area contributed by atoms with Crippen molar-refractivity contribution in [1.82, 2.24) is 4.84 Å². The highest BCUT2D eigenvalue weighted by atomic mass is 35.5. The minimum absolute atomic E-state index is 0.0903. The molecule has 6 heavy (non-hydrogen) atoms. The van der Waals surface area contributed by atoms with Gasteiger partial charge in [-0.15, -0.1) is 0 Å². The van der Waals surface area contributed by atoms with Crippen molar-refractivity contribution in [2.75, 3.05) is 0 Å². The van der Waals surface area contributed by atoms with Crippen LogP contribution in [0.5, 0.6) is 0 Å². The van der Waals surface area contributed by atoms with Crippen molar-refractivity contribution in [2.45, 2.75) is 0 Å². The van der Waals surface area contributed by atoms with Gasteiger partial charge in [0.15, 0.2) is 0 Å². The second-order valence-electron chi connectivity index (χ2n) is 0.577. The monoisotopic (exact) mass is 107 g/mol. The summed E-state index contributed by atoms with van der Waals surface area (Å²) in [5, 5.41) is 0. The largest absolute Gasteiger partial charge is 0.298 e. The van der Waals surface area contributed by atoms with Gasteiger partial charge in [0, 0.05) is 11.8 Å². The van der Waals surface area contributed by atoms with Crippen LogP contribution in [0.3, 0.4) is 0 Å². The van der Waals surface area contributed by atoms with E-state index >= 15 is 0 Å². The van der Waals surface area contributed by atoms with Gasteiger partial charge in [-0.25, -0.2) is 0 Å². The molecule has 0 spiro atoms. The Balaban J connectivity index is 3.23. The standard InChI is InChI=1S/C2H2ClNO2/c3-4-2(6)1-5/h1H,(H,4,6). The van der Waals surface area contributed by atoms with Gasteiger partial charge in [-0.2, -0.15) is 0 Å². The van der Waals surface area contributed by atoms with Crippen LogP contribution < -0.4 is 4.84 Å². The maximum Gasteiger partial charge on any atom is 0.298 e. The summed E-state index contributed by atoms with van der Waals surface area (Å²) < 4.78 is 0. The number of aldehydes is 1. The van der Waals surface area contributed by atoms with Gasteiger partial charge in [-0.1, -0.05) is 0 Å². The van der Waals surface area contributed by atoms with Crippen LogP contribution in [0.1, 0.15) is 0 Å². The molecule has 0 unspecified atom stereocenters. The van der Waals surface area contributed by atoms with E-state index in [0.29, 0.717) is 0 Å².